The van der Waals surface area contributed by atoms with Gasteiger partial charge in [0.1, 0.15) is 12.5 Å². The van der Waals surface area contributed by atoms with Crippen LogP contribution in [-0.4, -0.2) is 46.4 Å². The lowest BCUT2D eigenvalue weighted by molar-refractivity contribution is -0.143. The van der Waals surface area contributed by atoms with E-state index in [0.717, 1.165) is 67.0 Å². The molecule has 6 rings (SSSR count). The number of ether oxygens (including phenoxy) is 2. The maximum Gasteiger partial charge on any atom is 0.321 e. The Hall–Kier alpha value is -5.05. The van der Waals surface area contributed by atoms with E-state index < -0.39 is 11.9 Å². The molecule has 46 heavy (non-hydrogen) atoms. The molecule has 1 fully saturated rings. The van der Waals surface area contributed by atoms with Crippen molar-refractivity contribution in [1.29, 1.82) is 0 Å². The van der Waals surface area contributed by atoms with Gasteiger partial charge in [-0.2, -0.15) is 0 Å². The average molecular weight is 621 g/mol. The third kappa shape index (κ3) is 4.81. The molecule has 238 valence electrons. The standard InChI is InChI=1S/C37H40N4O5/c1-9-13-46-30(42)12-11-23-20(6)27-15-26-19(5)22(10-2)29(39-26)16-25-18(4)17(3)24(38-25)14-28-21(7)31-35(41-28)32(34(23)40-27)33(36(31)43)37(44)45-8/h9-10,14-16,20,23,33,38-41H,1-2,11-13H2,3-8H3/b24-14-,25-16-,27-15-,34-32-/t20-,23-,33+/m0/s1. The summed E-state index contributed by atoms with van der Waals surface area (Å²) in [4.78, 5) is 50.7. The third-order valence-electron chi connectivity index (χ3n) is 9.94. The first-order valence-corrected chi connectivity index (χ1v) is 15.6. The molecule has 0 spiro atoms. The van der Waals surface area contributed by atoms with Crippen LogP contribution in [0.15, 0.2) is 30.6 Å². The van der Waals surface area contributed by atoms with Crippen molar-refractivity contribution in [1.82, 2.24) is 20.3 Å². The van der Waals surface area contributed by atoms with E-state index in [2.05, 4.69) is 73.3 Å². The van der Waals surface area contributed by atoms with Gasteiger partial charge >= 0.3 is 11.9 Å². The first kappa shape index (κ1) is 31.0. The molecular weight excluding hydrogens is 580 g/mol. The lowest BCUT2D eigenvalue weighted by atomic mass is 9.85. The van der Waals surface area contributed by atoms with Gasteiger partial charge in [0.25, 0.3) is 0 Å². The Morgan fingerprint density at radius 3 is 2.24 bits per heavy atom. The van der Waals surface area contributed by atoms with E-state index in [-0.39, 0.29) is 36.6 Å². The predicted molar refractivity (Wildman–Crippen MR) is 179 cm³/mol. The molecule has 8 bridgehead atoms. The molecule has 3 atom stereocenters. The Morgan fingerprint density at radius 2 is 1.59 bits per heavy atom. The van der Waals surface area contributed by atoms with Crippen LogP contribution < -0.4 is 16.0 Å². The second-order valence-electron chi connectivity index (χ2n) is 12.4. The smallest absolute Gasteiger partial charge is 0.321 e. The second kappa shape index (κ2) is 11.7. The maximum absolute atomic E-state index is 14.1. The average Bonchev–Trinajstić information content (AvgIpc) is 3.77. The summed E-state index contributed by atoms with van der Waals surface area (Å²) in [6.07, 6.45) is 10.2. The van der Waals surface area contributed by atoms with Crippen molar-refractivity contribution in [3.8, 4) is 0 Å². The van der Waals surface area contributed by atoms with Gasteiger partial charge in [-0.1, -0.05) is 32.2 Å². The molecule has 1 saturated heterocycles. The number of rotatable bonds is 7. The minimum atomic E-state index is -1.14. The predicted octanol–water partition coefficient (Wildman–Crippen LogP) is 4.62. The highest BCUT2D eigenvalue weighted by molar-refractivity contribution is 6.24. The fourth-order valence-electron chi connectivity index (χ4n) is 7.12. The third-order valence-corrected chi connectivity index (χ3v) is 9.94. The van der Waals surface area contributed by atoms with Crippen molar-refractivity contribution in [2.24, 2.45) is 17.8 Å². The summed E-state index contributed by atoms with van der Waals surface area (Å²) in [6.45, 7) is 18.1. The summed E-state index contributed by atoms with van der Waals surface area (Å²) < 4.78 is 10.5. The Balaban J connectivity index is 1.66. The largest absolute Gasteiger partial charge is 0.468 e. The summed E-state index contributed by atoms with van der Waals surface area (Å²) in [5, 5.41) is 5.51. The van der Waals surface area contributed by atoms with Crippen molar-refractivity contribution < 1.29 is 23.9 Å². The van der Waals surface area contributed by atoms with Crippen LogP contribution in [0.3, 0.4) is 0 Å². The molecule has 2 aliphatic heterocycles. The quantitative estimate of drug-likeness (QED) is 0.173. The van der Waals surface area contributed by atoms with E-state index in [4.69, 9.17) is 9.47 Å². The van der Waals surface area contributed by atoms with Gasteiger partial charge in [0.2, 0.25) is 0 Å². The first-order chi connectivity index (χ1) is 22.0. The van der Waals surface area contributed by atoms with Crippen molar-refractivity contribution in [3.63, 3.8) is 0 Å². The highest BCUT2D eigenvalue weighted by Crippen LogP contribution is 2.48. The Kier molecular flexibility index (Phi) is 7.88. The molecule has 9 heteroatoms. The molecule has 1 aliphatic carbocycles. The van der Waals surface area contributed by atoms with Gasteiger partial charge in [-0.25, -0.2) is 0 Å². The summed E-state index contributed by atoms with van der Waals surface area (Å²) in [5.74, 6) is -2.69. The van der Waals surface area contributed by atoms with Crippen molar-refractivity contribution in [2.75, 3.05) is 13.7 Å². The Morgan fingerprint density at radius 1 is 0.913 bits per heavy atom. The van der Waals surface area contributed by atoms with E-state index >= 15 is 0 Å². The van der Waals surface area contributed by atoms with Crippen LogP contribution in [-0.2, 0) is 19.1 Å². The van der Waals surface area contributed by atoms with Crippen LogP contribution in [0.2, 0.25) is 0 Å². The fraction of sp³-hybridized carbons (Fsp3) is 0.324. The number of allylic oxidation sites excluding steroid dienone is 2. The number of aromatic nitrogens is 3. The molecule has 0 amide bonds. The molecule has 0 saturated carbocycles. The number of esters is 2. The van der Waals surface area contributed by atoms with Crippen LogP contribution in [0.25, 0.3) is 29.9 Å². The minimum absolute atomic E-state index is 0.0809. The Labute approximate surface area is 267 Å². The highest BCUT2D eigenvalue weighted by Gasteiger charge is 2.48. The first-order valence-electron chi connectivity index (χ1n) is 15.6. The number of hydrogen-bond donors (Lipinski definition) is 4. The molecule has 5 heterocycles. The van der Waals surface area contributed by atoms with Crippen LogP contribution in [0.4, 0.5) is 0 Å². The number of carbonyl (C=O) groups excluding carboxylic acids is 3. The zero-order valence-corrected chi connectivity index (χ0v) is 27.2. The van der Waals surface area contributed by atoms with Crippen LogP contribution in [0.5, 0.6) is 0 Å². The van der Waals surface area contributed by atoms with E-state index in [0.29, 0.717) is 23.3 Å². The number of aromatic amines is 3. The molecule has 0 unspecified atom stereocenters. The molecule has 3 aliphatic rings. The second-order valence-corrected chi connectivity index (χ2v) is 12.4. The molecule has 4 N–H and O–H groups in total. The molecular formula is C37H40N4O5. The van der Waals surface area contributed by atoms with Gasteiger partial charge in [-0.3, -0.25) is 14.4 Å². The topological polar surface area (TPSA) is 129 Å². The van der Waals surface area contributed by atoms with Crippen molar-refractivity contribution in [2.45, 2.75) is 47.5 Å². The SMILES string of the molecule is C=CCOC(=O)CC[C@@H]1/C2=C3/c4[nH]c(c(C)c4C(=O)[C@@H]3C(=O)OC)/C=c3\[nH]/c(c(C)c3C)=C\c3[nH]c(c(C)c3C=C)/C=C(\N2)[C@H]1C. The monoisotopic (exact) mass is 620 g/mol. The van der Waals surface area contributed by atoms with Gasteiger partial charge in [0, 0.05) is 74.1 Å². The number of ketones is 1. The lowest BCUT2D eigenvalue weighted by Crippen LogP contribution is -2.25. The number of H-pyrrole nitrogens is 3. The zero-order valence-electron chi connectivity index (χ0n) is 27.2. The summed E-state index contributed by atoms with van der Waals surface area (Å²) in [5.41, 5.74) is 10.9. The number of hydrogen-bond acceptors (Lipinski definition) is 6. The van der Waals surface area contributed by atoms with Gasteiger partial charge in [0.05, 0.1) is 12.8 Å². The number of carbonyl (C=O) groups is 3. The highest BCUT2D eigenvalue weighted by atomic mass is 16.5. The van der Waals surface area contributed by atoms with E-state index in [9.17, 15) is 14.4 Å². The molecule has 0 aromatic carbocycles. The van der Waals surface area contributed by atoms with E-state index in [1.54, 1.807) is 0 Å². The fourth-order valence-corrected chi connectivity index (χ4v) is 7.12. The van der Waals surface area contributed by atoms with E-state index in [1.165, 1.54) is 13.2 Å². The molecule has 3 aromatic rings. The molecule has 0 radical (unpaired) electrons. The van der Waals surface area contributed by atoms with Gasteiger partial charge in [-0.05, 0) is 74.6 Å². The number of methoxy groups -OCH3 is 1. The summed E-state index contributed by atoms with van der Waals surface area (Å²) >= 11 is 0. The number of Topliss-reactive ketones (excluding diaryl/α,β-unsaturated/α-hetero) is 1. The van der Waals surface area contributed by atoms with Gasteiger partial charge in [0.15, 0.2) is 5.78 Å². The summed E-state index contributed by atoms with van der Waals surface area (Å²) in [6, 6.07) is 0. The van der Waals surface area contributed by atoms with Crippen LogP contribution in [0.1, 0.15) is 80.7 Å². The zero-order chi connectivity index (χ0) is 33.0. The molecule has 9 nitrogen and oxygen atoms in total. The van der Waals surface area contributed by atoms with E-state index in [1.807, 2.05) is 19.1 Å². The minimum Gasteiger partial charge on any atom is -0.468 e. The van der Waals surface area contributed by atoms with Crippen LogP contribution in [0, 0.1) is 45.4 Å². The summed E-state index contributed by atoms with van der Waals surface area (Å²) in [7, 11) is 1.30. The number of fused-ring (bicyclic) bond motifs is 7. The van der Waals surface area contributed by atoms with Crippen LogP contribution >= 0.6 is 0 Å². The maximum atomic E-state index is 14.1. The molecule has 3 aromatic heterocycles. The van der Waals surface area contributed by atoms with Crippen molar-refractivity contribution in [3.05, 3.63) is 97.5 Å². The van der Waals surface area contributed by atoms with Gasteiger partial charge < -0.3 is 29.7 Å². The normalized spacial score (nSPS) is 23.8. The van der Waals surface area contributed by atoms with Gasteiger partial charge in [-0.15, -0.1) is 0 Å². The Bertz CT molecular complexity index is 2030. The number of nitrogens with one attached hydrogen (secondary N) is 4. The van der Waals surface area contributed by atoms with Crippen molar-refractivity contribution >= 4 is 47.6 Å². The lowest BCUT2D eigenvalue weighted by Gasteiger charge is -2.19.